The van der Waals surface area contributed by atoms with Crippen LogP contribution in [0.25, 0.3) is 11.3 Å². The first-order valence-corrected chi connectivity index (χ1v) is 11.6. The Bertz CT molecular complexity index is 1200. The van der Waals surface area contributed by atoms with E-state index in [0.717, 1.165) is 29.1 Å². The second kappa shape index (κ2) is 9.17. The van der Waals surface area contributed by atoms with Gasteiger partial charge in [0.15, 0.2) is 0 Å². The number of nitrogens with zero attached hydrogens (tertiary/aromatic N) is 4. The molecule has 1 aliphatic rings. The van der Waals surface area contributed by atoms with Gasteiger partial charge in [0.05, 0.1) is 12.3 Å². The van der Waals surface area contributed by atoms with E-state index in [1.165, 1.54) is 10.6 Å². The summed E-state index contributed by atoms with van der Waals surface area (Å²) in [5.74, 6) is -0.462. The largest absolute Gasteiger partial charge is 0.494 e. The lowest BCUT2D eigenvalue weighted by Crippen LogP contribution is -2.49. The maximum absolute atomic E-state index is 14.0. The number of ether oxygens (including phenoxy) is 1. The fourth-order valence-corrected chi connectivity index (χ4v) is 5.02. The van der Waals surface area contributed by atoms with E-state index in [0.29, 0.717) is 31.6 Å². The molecule has 1 fully saturated rings. The van der Waals surface area contributed by atoms with Gasteiger partial charge in [0.25, 0.3) is 0 Å². The molecular formula is C22H22F2N4O3S. The zero-order valence-electron chi connectivity index (χ0n) is 17.4. The van der Waals surface area contributed by atoms with Gasteiger partial charge in [-0.1, -0.05) is 0 Å². The first kappa shape index (κ1) is 22.1. The molecule has 32 heavy (non-hydrogen) atoms. The van der Waals surface area contributed by atoms with Crippen LogP contribution in [0.2, 0.25) is 0 Å². The Kier molecular flexibility index (Phi) is 6.33. The Balaban J connectivity index is 1.47. The normalized spacial score (nSPS) is 15.0. The number of rotatable bonds is 6. The van der Waals surface area contributed by atoms with E-state index >= 15 is 0 Å². The summed E-state index contributed by atoms with van der Waals surface area (Å²) in [5, 5.41) is 0. The third-order valence-corrected chi connectivity index (χ3v) is 7.12. The number of hydrogen-bond donors (Lipinski definition) is 0. The van der Waals surface area contributed by atoms with Gasteiger partial charge in [0.2, 0.25) is 10.0 Å². The molecule has 168 valence electrons. The zero-order chi connectivity index (χ0) is 22.7. The molecule has 0 radical (unpaired) electrons. The summed E-state index contributed by atoms with van der Waals surface area (Å²) in [6.45, 7) is 3.57. The molecule has 0 aliphatic carbocycles. The number of aromatic nitrogens is 2. The van der Waals surface area contributed by atoms with Crippen LogP contribution < -0.4 is 9.64 Å². The molecule has 0 saturated carbocycles. The van der Waals surface area contributed by atoms with E-state index in [2.05, 4.69) is 9.97 Å². The van der Waals surface area contributed by atoms with E-state index in [4.69, 9.17) is 4.74 Å². The molecule has 0 spiro atoms. The average Bonchev–Trinajstić information content (AvgIpc) is 2.80. The van der Waals surface area contributed by atoms with E-state index in [-0.39, 0.29) is 13.1 Å². The molecule has 3 aromatic rings. The molecule has 0 bridgehead atoms. The highest BCUT2D eigenvalue weighted by Crippen LogP contribution is 2.26. The Morgan fingerprint density at radius 1 is 0.969 bits per heavy atom. The van der Waals surface area contributed by atoms with E-state index < -0.39 is 26.6 Å². The maximum Gasteiger partial charge on any atom is 0.246 e. The van der Waals surface area contributed by atoms with Gasteiger partial charge >= 0.3 is 0 Å². The predicted molar refractivity (Wildman–Crippen MR) is 116 cm³/mol. The molecule has 0 amide bonds. The number of halogens is 2. The minimum Gasteiger partial charge on any atom is -0.494 e. The number of anilines is 1. The van der Waals surface area contributed by atoms with Crippen molar-refractivity contribution in [3.05, 3.63) is 66.5 Å². The summed E-state index contributed by atoms with van der Waals surface area (Å²) < 4.78 is 59.4. The van der Waals surface area contributed by atoms with Crippen LogP contribution in [0.15, 0.2) is 59.8 Å². The Labute approximate surface area is 185 Å². The molecule has 1 saturated heterocycles. The summed E-state index contributed by atoms with van der Waals surface area (Å²) in [5.41, 5.74) is 1.64. The van der Waals surface area contributed by atoms with Crippen LogP contribution in [0.5, 0.6) is 5.75 Å². The molecule has 0 atom stereocenters. The van der Waals surface area contributed by atoms with Crippen LogP contribution >= 0.6 is 0 Å². The molecule has 10 heteroatoms. The van der Waals surface area contributed by atoms with E-state index in [9.17, 15) is 17.2 Å². The van der Waals surface area contributed by atoms with Crippen molar-refractivity contribution in [2.24, 2.45) is 0 Å². The highest BCUT2D eigenvalue weighted by atomic mass is 32.2. The lowest BCUT2D eigenvalue weighted by atomic mass is 10.1. The van der Waals surface area contributed by atoms with Crippen molar-refractivity contribution in [3.8, 4) is 17.0 Å². The monoisotopic (exact) mass is 460 g/mol. The lowest BCUT2D eigenvalue weighted by Gasteiger charge is -2.34. The number of sulfonamides is 1. The SMILES string of the molecule is CCOc1ccc(-c2cc(N3CCN(S(=O)(=O)c4ccc(F)cc4F)CC3)ncn2)cc1. The third kappa shape index (κ3) is 4.56. The molecule has 4 rings (SSSR count). The second-order valence-electron chi connectivity index (χ2n) is 7.18. The quantitative estimate of drug-likeness (QED) is 0.562. The van der Waals surface area contributed by atoms with E-state index in [1.54, 1.807) is 0 Å². The fraction of sp³-hybridized carbons (Fsp3) is 0.273. The van der Waals surface area contributed by atoms with Gasteiger partial charge in [-0.15, -0.1) is 0 Å². The topological polar surface area (TPSA) is 75.6 Å². The summed E-state index contributed by atoms with van der Waals surface area (Å²) in [7, 11) is -4.05. The first-order chi connectivity index (χ1) is 15.4. The Morgan fingerprint density at radius 2 is 1.69 bits per heavy atom. The third-order valence-electron chi connectivity index (χ3n) is 5.19. The summed E-state index contributed by atoms with van der Waals surface area (Å²) in [6.07, 6.45) is 1.47. The maximum atomic E-state index is 14.0. The van der Waals surface area contributed by atoms with Gasteiger partial charge in [0.1, 0.15) is 34.4 Å². The van der Waals surface area contributed by atoms with Crippen LogP contribution in [0.1, 0.15) is 6.92 Å². The van der Waals surface area contributed by atoms with Gasteiger partial charge in [-0.05, 0) is 43.3 Å². The van der Waals surface area contributed by atoms with Crippen LogP contribution in [-0.2, 0) is 10.0 Å². The number of benzene rings is 2. The molecule has 7 nitrogen and oxygen atoms in total. The van der Waals surface area contributed by atoms with E-state index in [1.807, 2.05) is 42.2 Å². The molecule has 1 aliphatic heterocycles. The van der Waals surface area contributed by atoms with Gasteiger partial charge in [0, 0.05) is 43.9 Å². The smallest absolute Gasteiger partial charge is 0.246 e. The number of hydrogen-bond acceptors (Lipinski definition) is 6. The van der Waals surface area contributed by atoms with Crippen molar-refractivity contribution < 1.29 is 21.9 Å². The van der Waals surface area contributed by atoms with Crippen LogP contribution in [0.4, 0.5) is 14.6 Å². The first-order valence-electron chi connectivity index (χ1n) is 10.1. The second-order valence-corrected chi connectivity index (χ2v) is 9.09. The fourth-order valence-electron chi connectivity index (χ4n) is 3.55. The van der Waals surface area contributed by atoms with Crippen molar-refractivity contribution in [3.63, 3.8) is 0 Å². The summed E-state index contributed by atoms with van der Waals surface area (Å²) >= 11 is 0. The molecule has 2 aromatic carbocycles. The van der Waals surface area contributed by atoms with Gasteiger partial charge in [-0.2, -0.15) is 4.31 Å². The lowest BCUT2D eigenvalue weighted by molar-refractivity contribution is 0.340. The molecule has 0 N–H and O–H groups in total. The van der Waals surface area contributed by atoms with Crippen molar-refractivity contribution in [2.75, 3.05) is 37.7 Å². The van der Waals surface area contributed by atoms with Crippen molar-refractivity contribution >= 4 is 15.8 Å². The Morgan fingerprint density at radius 3 is 2.34 bits per heavy atom. The molecule has 2 heterocycles. The molecule has 0 unspecified atom stereocenters. The van der Waals surface area contributed by atoms with Crippen molar-refractivity contribution in [1.82, 2.24) is 14.3 Å². The van der Waals surface area contributed by atoms with Crippen LogP contribution in [0.3, 0.4) is 0 Å². The average molecular weight is 461 g/mol. The molecule has 1 aromatic heterocycles. The molecular weight excluding hydrogens is 438 g/mol. The highest BCUT2D eigenvalue weighted by Gasteiger charge is 2.31. The van der Waals surface area contributed by atoms with Crippen molar-refractivity contribution in [2.45, 2.75) is 11.8 Å². The zero-order valence-corrected chi connectivity index (χ0v) is 18.2. The highest BCUT2D eigenvalue weighted by molar-refractivity contribution is 7.89. The summed E-state index contributed by atoms with van der Waals surface area (Å²) in [6, 6.07) is 11.9. The van der Waals surface area contributed by atoms with Crippen molar-refractivity contribution in [1.29, 1.82) is 0 Å². The van der Waals surface area contributed by atoms with Crippen LogP contribution in [0, 0.1) is 11.6 Å². The minimum absolute atomic E-state index is 0.154. The number of piperazine rings is 1. The van der Waals surface area contributed by atoms with Gasteiger partial charge in [-0.25, -0.2) is 27.2 Å². The Hall–Kier alpha value is -3.11. The minimum atomic E-state index is -4.05. The standard InChI is InChI=1S/C22H22F2N4O3S/c1-2-31-18-6-3-16(4-7-18)20-14-22(26-15-25-20)27-9-11-28(12-10-27)32(29,30)21-8-5-17(23)13-19(21)24/h3-8,13-15H,2,9-12H2,1H3. The predicted octanol–water partition coefficient (Wildman–Crippen LogP) is 3.33. The van der Waals surface area contributed by atoms with Gasteiger partial charge in [-0.3, -0.25) is 0 Å². The summed E-state index contributed by atoms with van der Waals surface area (Å²) in [4.78, 5) is 10.1. The van der Waals surface area contributed by atoms with Gasteiger partial charge < -0.3 is 9.64 Å². The van der Waals surface area contributed by atoms with Crippen LogP contribution in [-0.4, -0.2) is 55.5 Å².